The van der Waals surface area contributed by atoms with E-state index in [0.717, 1.165) is 24.8 Å². The van der Waals surface area contributed by atoms with Crippen molar-refractivity contribution in [2.24, 2.45) is 7.05 Å². The number of anilines is 1. The van der Waals surface area contributed by atoms with E-state index < -0.39 is 15.7 Å². The molecule has 1 N–H and O–H groups in total. The third-order valence-corrected chi connectivity index (χ3v) is 6.99. The number of nitrogens with zero attached hydrogens (tertiary/aromatic N) is 3. The number of carbonyl (C=O) groups excluding carboxylic acids is 1. The van der Waals surface area contributed by atoms with E-state index in [2.05, 4.69) is 15.4 Å². The molecule has 5 rings (SSSR count). The van der Waals surface area contributed by atoms with Crippen LogP contribution < -0.4 is 10.1 Å². The predicted molar refractivity (Wildman–Crippen MR) is 129 cm³/mol. The van der Waals surface area contributed by atoms with Crippen molar-refractivity contribution in [1.82, 2.24) is 14.8 Å². The Hall–Kier alpha value is -3.79. The topological polar surface area (TPSA) is 103 Å². The van der Waals surface area contributed by atoms with Crippen LogP contribution in [-0.4, -0.2) is 35.3 Å². The van der Waals surface area contributed by atoms with Crippen molar-refractivity contribution >= 4 is 32.5 Å². The third-order valence-electron chi connectivity index (χ3n) is 5.88. The molecule has 0 radical (unpaired) electrons. The van der Waals surface area contributed by atoms with Crippen LogP contribution in [0.1, 0.15) is 30.0 Å². The van der Waals surface area contributed by atoms with Gasteiger partial charge in [0.1, 0.15) is 17.3 Å². The molecule has 10 heteroatoms. The van der Waals surface area contributed by atoms with E-state index in [4.69, 9.17) is 4.74 Å². The first-order valence-electron chi connectivity index (χ1n) is 11.1. The van der Waals surface area contributed by atoms with Gasteiger partial charge in [-0.1, -0.05) is 6.07 Å². The van der Waals surface area contributed by atoms with Gasteiger partial charge in [-0.25, -0.2) is 12.8 Å². The van der Waals surface area contributed by atoms with Gasteiger partial charge in [0, 0.05) is 48.6 Å². The Morgan fingerprint density at radius 3 is 2.69 bits per heavy atom. The second kappa shape index (κ2) is 8.77. The lowest BCUT2D eigenvalue weighted by atomic mass is 10.1. The van der Waals surface area contributed by atoms with Crippen LogP contribution in [-0.2, 0) is 28.1 Å². The third kappa shape index (κ3) is 5.02. The first-order valence-corrected chi connectivity index (χ1v) is 13.0. The summed E-state index contributed by atoms with van der Waals surface area (Å²) in [5.41, 5.74) is 1.84. The summed E-state index contributed by atoms with van der Waals surface area (Å²) in [6.07, 6.45) is 4.74. The number of aromatic nitrogens is 3. The molecular weight excluding hydrogens is 471 g/mol. The SMILES string of the molecule is Cn1nc(NC(=O)Cc2ccc(Oc3ccnc4ccc(S(C)(=O)=O)cc34)cc2F)cc1C1CC1. The fraction of sp³-hybridized carbons (Fsp3) is 0.240. The molecule has 35 heavy (non-hydrogen) atoms. The Morgan fingerprint density at radius 1 is 1.17 bits per heavy atom. The summed E-state index contributed by atoms with van der Waals surface area (Å²) in [7, 11) is -1.58. The van der Waals surface area contributed by atoms with E-state index in [-0.39, 0.29) is 28.5 Å². The van der Waals surface area contributed by atoms with Gasteiger partial charge in [-0.2, -0.15) is 5.10 Å². The molecule has 1 amide bonds. The number of benzene rings is 2. The lowest BCUT2D eigenvalue weighted by Gasteiger charge is -2.11. The highest BCUT2D eigenvalue weighted by molar-refractivity contribution is 7.90. The summed E-state index contributed by atoms with van der Waals surface area (Å²) in [6, 6.07) is 12.2. The van der Waals surface area contributed by atoms with Crippen LogP contribution in [0.5, 0.6) is 11.5 Å². The van der Waals surface area contributed by atoms with Crippen LogP contribution in [0.3, 0.4) is 0 Å². The molecule has 4 aromatic rings. The van der Waals surface area contributed by atoms with E-state index in [1.165, 1.54) is 30.5 Å². The van der Waals surface area contributed by atoms with Gasteiger partial charge in [0.05, 0.1) is 16.8 Å². The molecule has 2 aromatic heterocycles. The van der Waals surface area contributed by atoms with E-state index in [9.17, 15) is 17.6 Å². The standard InChI is InChI=1S/C25H23FN4O4S/c1-30-22(15-3-4-15)14-24(29-30)28-25(31)11-16-5-6-17(12-20(16)26)34-23-9-10-27-21-8-7-18(13-19(21)23)35(2,32)33/h5-10,12-15H,3-4,11H2,1-2H3,(H,28,29,31). The van der Waals surface area contributed by atoms with E-state index in [0.29, 0.717) is 28.4 Å². The van der Waals surface area contributed by atoms with Gasteiger partial charge in [-0.05, 0) is 48.7 Å². The molecule has 1 aliphatic carbocycles. The Labute approximate surface area is 201 Å². The molecule has 0 bridgehead atoms. The monoisotopic (exact) mass is 494 g/mol. The zero-order valence-electron chi connectivity index (χ0n) is 19.2. The van der Waals surface area contributed by atoms with Crippen LogP contribution in [0.4, 0.5) is 10.2 Å². The zero-order valence-corrected chi connectivity index (χ0v) is 20.0. The van der Waals surface area contributed by atoms with Crippen molar-refractivity contribution in [2.45, 2.75) is 30.1 Å². The van der Waals surface area contributed by atoms with Crippen molar-refractivity contribution in [2.75, 3.05) is 11.6 Å². The molecule has 180 valence electrons. The smallest absolute Gasteiger partial charge is 0.230 e. The summed E-state index contributed by atoms with van der Waals surface area (Å²) in [5.74, 6) is 0.546. The molecule has 0 spiro atoms. The zero-order chi connectivity index (χ0) is 24.7. The van der Waals surface area contributed by atoms with Crippen LogP contribution in [0.15, 0.2) is 59.6 Å². The quantitative estimate of drug-likeness (QED) is 0.409. The van der Waals surface area contributed by atoms with E-state index >= 15 is 0 Å². The summed E-state index contributed by atoms with van der Waals surface area (Å²) < 4.78 is 46.3. The summed E-state index contributed by atoms with van der Waals surface area (Å²) in [6.45, 7) is 0. The maximum Gasteiger partial charge on any atom is 0.230 e. The normalized spacial score (nSPS) is 13.7. The largest absolute Gasteiger partial charge is 0.456 e. The second-order valence-corrected chi connectivity index (χ2v) is 10.7. The lowest BCUT2D eigenvalue weighted by Crippen LogP contribution is -2.15. The number of ether oxygens (including phenoxy) is 1. The summed E-state index contributed by atoms with van der Waals surface area (Å²) in [4.78, 5) is 16.8. The van der Waals surface area contributed by atoms with E-state index in [1.807, 2.05) is 13.1 Å². The molecule has 0 saturated heterocycles. The number of amides is 1. The van der Waals surface area contributed by atoms with Gasteiger partial charge in [-0.15, -0.1) is 0 Å². The highest BCUT2D eigenvalue weighted by atomic mass is 32.2. The molecule has 1 fully saturated rings. The molecule has 8 nitrogen and oxygen atoms in total. The summed E-state index contributed by atoms with van der Waals surface area (Å²) >= 11 is 0. The van der Waals surface area contributed by atoms with Gasteiger partial charge in [0.15, 0.2) is 15.7 Å². The average Bonchev–Trinajstić information content (AvgIpc) is 3.57. The number of aryl methyl sites for hydroxylation is 1. The molecule has 1 aliphatic rings. The number of hydrogen-bond acceptors (Lipinski definition) is 6. The minimum Gasteiger partial charge on any atom is -0.456 e. The van der Waals surface area contributed by atoms with Gasteiger partial charge in [0.25, 0.3) is 0 Å². The van der Waals surface area contributed by atoms with Gasteiger partial charge in [0.2, 0.25) is 5.91 Å². The number of hydrogen-bond donors (Lipinski definition) is 1. The maximum atomic E-state index is 14.8. The molecule has 0 unspecified atom stereocenters. The van der Waals surface area contributed by atoms with Gasteiger partial charge < -0.3 is 10.1 Å². The average molecular weight is 495 g/mol. The van der Waals surface area contributed by atoms with Crippen molar-refractivity contribution in [3.8, 4) is 11.5 Å². The minimum absolute atomic E-state index is 0.132. The van der Waals surface area contributed by atoms with E-state index in [1.54, 1.807) is 22.9 Å². The molecule has 1 saturated carbocycles. The van der Waals surface area contributed by atoms with Gasteiger partial charge >= 0.3 is 0 Å². The highest BCUT2D eigenvalue weighted by Gasteiger charge is 2.27. The highest BCUT2D eigenvalue weighted by Crippen LogP contribution is 2.40. The molecule has 0 atom stereocenters. The number of rotatable bonds is 7. The van der Waals surface area contributed by atoms with Crippen LogP contribution >= 0.6 is 0 Å². The Balaban J connectivity index is 1.31. The Bertz CT molecular complexity index is 1560. The molecule has 0 aliphatic heterocycles. The van der Waals surface area contributed by atoms with Crippen molar-refractivity contribution in [3.05, 3.63) is 71.8 Å². The Morgan fingerprint density at radius 2 is 1.97 bits per heavy atom. The van der Waals surface area contributed by atoms with Crippen molar-refractivity contribution in [3.63, 3.8) is 0 Å². The number of carbonyl (C=O) groups is 1. The Kier molecular flexibility index (Phi) is 5.76. The molecule has 2 heterocycles. The first kappa shape index (κ1) is 23.0. The number of nitrogens with one attached hydrogen (secondary N) is 1. The number of pyridine rings is 1. The van der Waals surface area contributed by atoms with Crippen LogP contribution in [0.25, 0.3) is 10.9 Å². The fourth-order valence-corrected chi connectivity index (χ4v) is 4.59. The van der Waals surface area contributed by atoms with Crippen molar-refractivity contribution in [1.29, 1.82) is 0 Å². The lowest BCUT2D eigenvalue weighted by molar-refractivity contribution is -0.115. The number of halogens is 1. The number of sulfone groups is 1. The van der Waals surface area contributed by atoms with Crippen LogP contribution in [0.2, 0.25) is 0 Å². The van der Waals surface area contributed by atoms with Crippen molar-refractivity contribution < 1.29 is 22.3 Å². The van der Waals surface area contributed by atoms with Gasteiger partial charge in [-0.3, -0.25) is 14.5 Å². The second-order valence-electron chi connectivity index (χ2n) is 8.69. The summed E-state index contributed by atoms with van der Waals surface area (Å²) in [5, 5.41) is 7.53. The minimum atomic E-state index is -3.42. The first-order chi connectivity index (χ1) is 16.7. The molecular formula is C25H23FN4O4S. The number of fused-ring (bicyclic) bond motifs is 1. The molecule has 2 aromatic carbocycles. The predicted octanol–water partition coefficient (Wildman–Crippen LogP) is 4.36. The maximum absolute atomic E-state index is 14.8. The van der Waals surface area contributed by atoms with Crippen LogP contribution in [0, 0.1) is 5.82 Å². The fourth-order valence-electron chi connectivity index (χ4n) is 3.95.